The molecule has 1 saturated carbocycles. The highest BCUT2D eigenvalue weighted by Gasteiger charge is 2.29. The normalized spacial score (nSPS) is 28.6. The van der Waals surface area contributed by atoms with Gasteiger partial charge in [-0.15, -0.1) is 0 Å². The molecule has 0 amide bonds. The predicted molar refractivity (Wildman–Crippen MR) is 65.4 cm³/mol. The summed E-state index contributed by atoms with van der Waals surface area (Å²) in [6.45, 7) is 6.03. The van der Waals surface area contributed by atoms with Crippen LogP contribution in [0.3, 0.4) is 0 Å². The first kappa shape index (κ1) is 13.2. The van der Waals surface area contributed by atoms with Crippen LogP contribution in [-0.4, -0.2) is 55.0 Å². The maximum atomic E-state index is 12.4. The van der Waals surface area contributed by atoms with Gasteiger partial charge in [0.2, 0.25) is 0 Å². The van der Waals surface area contributed by atoms with E-state index in [1.165, 1.54) is 25.8 Å². The molecule has 0 radical (unpaired) electrons. The van der Waals surface area contributed by atoms with Crippen LogP contribution < -0.4 is 0 Å². The minimum atomic E-state index is -2.19. The first-order valence-corrected chi connectivity index (χ1v) is 6.93. The number of nitrogens with zero attached hydrogens (tertiary/aromatic N) is 2. The maximum Gasteiger partial charge on any atom is 0.251 e. The van der Waals surface area contributed by atoms with Crippen LogP contribution in [0, 0.1) is 5.92 Å². The van der Waals surface area contributed by atoms with E-state index in [2.05, 4.69) is 11.8 Å². The number of alkyl halides is 2. The molecule has 0 N–H and O–H groups in total. The minimum Gasteiger partial charge on any atom is -0.300 e. The van der Waals surface area contributed by atoms with E-state index in [-0.39, 0.29) is 6.54 Å². The van der Waals surface area contributed by atoms with Gasteiger partial charge in [-0.05, 0) is 25.2 Å². The zero-order valence-electron chi connectivity index (χ0n) is 10.7. The topological polar surface area (TPSA) is 6.48 Å². The summed E-state index contributed by atoms with van der Waals surface area (Å²) in [4.78, 5) is 4.46. The molecule has 0 aromatic carbocycles. The first-order chi connectivity index (χ1) is 8.19. The molecule has 1 aliphatic carbocycles. The fourth-order valence-electron chi connectivity index (χ4n) is 2.97. The van der Waals surface area contributed by atoms with Crippen LogP contribution >= 0.6 is 0 Å². The summed E-state index contributed by atoms with van der Waals surface area (Å²) in [6.07, 6.45) is 2.91. The fourth-order valence-corrected chi connectivity index (χ4v) is 2.97. The largest absolute Gasteiger partial charge is 0.300 e. The van der Waals surface area contributed by atoms with Crippen molar-refractivity contribution in [2.75, 3.05) is 32.7 Å². The molecule has 100 valence electrons. The van der Waals surface area contributed by atoms with Crippen LogP contribution in [0.4, 0.5) is 8.78 Å². The summed E-state index contributed by atoms with van der Waals surface area (Å²) < 4.78 is 24.9. The van der Waals surface area contributed by atoms with E-state index in [0.29, 0.717) is 6.04 Å². The summed E-state index contributed by atoms with van der Waals surface area (Å²) in [5, 5.41) is 0. The Labute approximate surface area is 103 Å². The molecule has 2 nitrogen and oxygen atoms in total. The average Bonchev–Trinajstić information content (AvgIpc) is 2.24. The molecule has 0 bridgehead atoms. The van der Waals surface area contributed by atoms with Crippen molar-refractivity contribution in [3.8, 4) is 0 Å². The Hall–Kier alpha value is -0.220. The second-order valence-electron chi connectivity index (χ2n) is 5.50. The highest BCUT2D eigenvalue weighted by molar-refractivity contribution is 4.84. The van der Waals surface area contributed by atoms with E-state index < -0.39 is 6.43 Å². The molecule has 0 spiro atoms. The molecule has 4 heteroatoms. The molecule has 2 aliphatic rings. The average molecular weight is 246 g/mol. The summed E-state index contributed by atoms with van der Waals surface area (Å²) in [5.74, 6) is 0.883. The molecule has 1 heterocycles. The van der Waals surface area contributed by atoms with Crippen molar-refractivity contribution in [3.63, 3.8) is 0 Å². The Morgan fingerprint density at radius 3 is 2.53 bits per heavy atom. The Bertz CT molecular complexity index is 231. The van der Waals surface area contributed by atoms with Crippen LogP contribution in [0.2, 0.25) is 0 Å². The molecule has 0 unspecified atom stereocenters. The summed E-state index contributed by atoms with van der Waals surface area (Å²) in [5.41, 5.74) is 0. The highest BCUT2D eigenvalue weighted by Crippen LogP contribution is 2.28. The Kier molecular flexibility index (Phi) is 4.74. The van der Waals surface area contributed by atoms with Crippen molar-refractivity contribution >= 4 is 0 Å². The summed E-state index contributed by atoms with van der Waals surface area (Å²) >= 11 is 0. The maximum absolute atomic E-state index is 12.4. The third-order valence-electron chi connectivity index (χ3n) is 4.27. The van der Waals surface area contributed by atoms with E-state index in [1.807, 2.05) is 4.90 Å². The molecule has 0 aromatic heterocycles. The van der Waals surface area contributed by atoms with E-state index in [1.54, 1.807) is 0 Å². The van der Waals surface area contributed by atoms with Gasteiger partial charge in [-0.1, -0.05) is 13.3 Å². The Morgan fingerprint density at radius 2 is 2.00 bits per heavy atom. The lowest BCUT2D eigenvalue weighted by Gasteiger charge is -2.43. The van der Waals surface area contributed by atoms with Gasteiger partial charge in [0, 0.05) is 32.2 Å². The van der Waals surface area contributed by atoms with Crippen molar-refractivity contribution in [2.45, 2.75) is 45.1 Å². The quantitative estimate of drug-likeness (QED) is 0.735. The van der Waals surface area contributed by atoms with Crippen LogP contribution in [0.5, 0.6) is 0 Å². The lowest BCUT2D eigenvalue weighted by Crippen LogP contribution is -2.55. The highest BCUT2D eigenvalue weighted by atomic mass is 19.3. The van der Waals surface area contributed by atoms with Gasteiger partial charge < -0.3 is 4.90 Å². The molecule has 17 heavy (non-hydrogen) atoms. The van der Waals surface area contributed by atoms with Gasteiger partial charge in [0.15, 0.2) is 0 Å². The van der Waals surface area contributed by atoms with Crippen LogP contribution in [0.1, 0.15) is 32.6 Å². The number of halogens is 2. The molecule has 2 rings (SSSR count). The number of hydrogen-bond donors (Lipinski definition) is 0. The monoisotopic (exact) mass is 246 g/mol. The third kappa shape index (κ3) is 3.62. The van der Waals surface area contributed by atoms with E-state index in [9.17, 15) is 8.78 Å². The second-order valence-corrected chi connectivity index (χ2v) is 5.50. The molecule has 1 atom stereocenters. The van der Waals surface area contributed by atoms with Gasteiger partial charge in [0.1, 0.15) is 0 Å². The first-order valence-electron chi connectivity index (χ1n) is 6.93. The van der Waals surface area contributed by atoms with Crippen molar-refractivity contribution in [1.29, 1.82) is 0 Å². The molecular weight excluding hydrogens is 222 g/mol. The SMILES string of the molecule is CC[C@@H]1CN(CC2CCC2)CCN1CC(F)F. The van der Waals surface area contributed by atoms with E-state index >= 15 is 0 Å². The van der Waals surface area contributed by atoms with Gasteiger partial charge in [0.25, 0.3) is 6.43 Å². The smallest absolute Gasteiger partial charge is 0.251 e. The van der Waals surface area contributed by atoms with Crippen LogP contribution in [0.15, 0.2) is 0 Å². The number of rotatable bonds is 5. The predicted octanol–water partition coefficient (Wildman–Crippen LogP) is 2.45. The third-order valence-corrected chi connectivity index (χ3v) is 4.27. The Morgan fingerprint density at radius 1 is 1.24 bits per heavy atom. The zero-order valence-corrected chi connectivity index (χ0v) is 10.7. The lowest BCUT2D eigenvalue weighted by molar-refractivity contribution is 0.0111. The minimum absolute atomic E-state index is 0.0459. The van der Waals surface area contributed by atoms with Crippen molar-refractivity contribution in [3.05, 3.63) is 0 Å². The van der Waals surface area contributed by atoms with Crippen molar-refractivity contribution in [2.24, 2.45) is 5.92 Å². The number of hydrogen-bond acceptors (Lipinski definition) is 2. The van der Waals surface area contributed by atoms with Gasteiger partial charge >= 0.3 is 0 Å². The van der Waals surface area contributed by atoms with Crippen molar-refractivity contribution < 1.29 is 8.78 Å². The van der Waals surface area contributed by atoms with Crippen molar-refractivity contribution in [1.82, 2.24) is 9.80 Å². The van der Waals surface area contributed by atoms with Gasteiger partial charge in [0.05, 0.1) is 6.54 Å². The van der Waals surface area contributed by atoms with Gasteiger partial charge in [-0.25, -0.2) is 8.78 Å². The summed E-state index contributed by atoms with van der Waals surface area (Å²) in [7, 11) is 0. The zero-order chi connectivity index (χ0) is 12.3. The fraction of sp³-hybridized carbons (Fsp3) is 1.00. The van der Waals surface area contributed by atoms with Crippen LogP contribution in [-0.2, 0) is 0 Å². The molecule has 1 aliphatic heterocycles. The van der Waals surface area contributed by atoms with Gasteiger partial charge in [-0.2, -0.15) is 0 Å². The van der Waals surface area contributed by atoms with Gasteiger partial charge in [-0.3, -0.25) is 4.90 Å². The van der Waals surface area contributed by atoms with Crippen LogP contribution in [0.25, 0.3) is 0 Å². The lowest BCUT2D eigenvalue weighted by atomic mass is 9.85. The van der Waals surface area contributed by atoms with E-state index in [0.717, 1.165) is 32.0 Å². The molecule has 0 aromatic rings. The Balaban J connectivity index is 1.78. The standard InChI is InChI=1S/C13H24F2N2/c1-2-12-9-16(8-11-4-3-5-11)6-7-17(12)10-13(14)15/h11-13H,2-10H2,1H3/t12-/m1/s1. The summed E-state index contributed by atoms with van der Waals surface area (Å²) in [6, 6.07) is 0.331. The molecule has 1 saturated heterocycles. The second kappa shape index (κ2) is 6.10. The molecular formula is C13H24F2N2. The molecule has 2 fully saturated rings. The number of piperazine rings is 1. The van der Waals surface area contributed by atoms with E-state index in [4.69, 9.17) is 0 Å².